The maximum absolute atomic E-state index is 12.3. The zero-order valence-corrected chi connectivity index (χ0v) is 12.2. The van der Waals surface area contributed by atoms with Crippen molar-refractivity contribution < 1.29 is 4.79 Å². The van der Waals surface area contributed by atoms with Gasteiger partial charge < -0.3 is 5.32 Å². The van der Waals surface area contributed by atoms with Crippen molar-refractivity contribution in [2.45, 2.75) is 57.5 Å². The molecule has 1 amide bonds. The topological polar surface area (TPSA) is 70.7 Å². The standard InChI is InChI=1S/C15H22N4O/c1-3-13-5-7-15(11-16,8-6-13)18-14(20)12(2)19-10-4-9-17-19/h4,9-10,12-13H,3,5-8H2,1-2H3,(H,18,20). The van der Waals surface area contributed by atoms with Gasteiger partial charge in [0.15, 0.2) is 0 Å². The van der Waals surface area contributed by atoms with Crippen molar-refractivity contribution in [2.75, 3.05) is 0 Å². The van der Waals surface area contributed by atoms with Crippen LogP contribution in [0.15, 0.2) is 18.5 Å². The third-order valence-corrected chi connectivity index (χ3v) is 4.41. The number of carbonyl (C=O) groups excluding carboxylic acids is 1. The number of hydrogen-bond acceptors (Lipinski definition) is 3. The van der Waals surface area contributed by atoms with Crippen LogP contribution in [0.5, 0.6) is 0 Å². The van der Waals surface area contributed by atoms with E-state index in [1.807, 2.05) is 0 Å². The molecule has 108 valence electrons. The highest BCUT2D eigenvalue weighted by Gasteiger charge is 2.37. The summed E-state index contributed by atoms with van der Waals surface area (Å²) in [6, 6.07) is 3.73. The summed E-state index contributed by atoms with van der Waals surface area (Å²) >= 11 is 0. The molecule has 1 aliphatic carbocycles. The van der Waals surface area contributed by atoms with E-state index in [0.717, 1.165) is 32.1 Å². The van der Waals surface area contributed by atoms with E-state index in [2.05, 4.69) is 23.4 Å². The predicted molar refractivity (Wildman–Crippen MR) is 75.7 cm³/mol. The van der Waals surface area contributed by atoms with Crippen molar-refractivity contribution in [3.63, 3.8) is 0 Å². The maximum atomic E-state index is 12.3. The van der Waals surface area contributed by atoms with Crippen LogP contribution < -0.4 is 5.32 Å². The summed E-state index contributed by atoms with van der Waals surface area (Å²) in [5.41, 5.74) is -0.690. The lowest BCUT2D eigenvalue weighted by molar-refractivity contribution is -0.126. The number of nitrogens with one attached hydrogen (secondary N) is 1. The molecule has 0 aromatic carbocycles. The highest BCUT2D eigenvalue weighted by molar-refractivity contribution is 5.81. The summed E-state index contributed by atoms with van der Waals surface area (Å²) in [4.78, 5) is 12.3. The number of hydrogen-bond donors (Lipinski definition) is 1. The highest BCUT2D eigenvalue weighted by atomic mass is 16.2. The van der Waals surface area contributed by atoms with Crippen molar-refractivity contribution in [3.8, 4) is 6.07 Å². The van der Waals surface area contributed by atoms with Crippen molar-refractivity contribution in [1.29, 1.82) is 5.26 Å². The van der Waals surface area contributed by atoms with E-state index >= 15 is 0 Å². The second-order valence-corrected chi connectivity index (χ2v) is 5.70. The van der Waals surface area contributed by atoms with Gasteiger partial charge in [-0.05, 0) is 44.6 Å². The summed E-state index contributed by atoms with van der Waals surface area (Å²) in [5.74, 6) is 0.558. The van der Waals surface area contributed by atoms with Gasteiger partial charge in [-0.1, -0.05) is 13.3 Å². The van der Waals surface area contributed by atoms with Crippen LogP contribution in [0.3, 0.4) is 0 Å². The smallest absolute Gasteiger partial charge is 0.245 e. The van der Waals surface area contributed by atoms with E-state index in [1.54, 1.807) is 30.1 Å². The minimum absolute atomic E-state index is 0.134. The largest absolute Gasteiger partial charge is 0.336 e. The van der Waals surface area contributed by atoms with Gasteiger partial charge in [-0.15, -0.1) is 0 Å². The molecule has 5 heteroatoms. The third-order valence-electron chi connectivity index (χ3n) is 4.41. The Bertz CT molecular complexity index is 480. The Morgan fingerprint density at radius 3 is 2.80 bits per heavy atom. The van der Waals surface area contributed by atoms with Crippen LogP contribution in [0.1, 0.15) is 52.0 Å². The van der Waals surface area contributed by atoms with Gasteiger partial charge in [0.25, 0.3) is 0 Å². The van der Waals surface area contributed by atoms with Crippen molar-refractivity contribution in [3.05, 3.63) is 18.5 Å². The molecule has 0 aliphatic heterocycles. The summed E-state index contributed by atoms with van der Waals surface area (Å²) in [6.07, 6.45) is 8.09. The first-order valence-electron chi connectivity index (χ1n) is 7.32. The number of aromatic nitrogens is 2. The quantitative estimate of drug-likeness (QED) is 0.916. The fraction of sp³-hybridized carbons (Fsp3) is 0.667. The lowest BCUT2D eigenvalue weighted by Gasteiger charge is -2.35. The van der Waals surface area contributed by atoms with Crippen molar-refractivity contribution in [1.82, 2.24) is 15.1 Å². The fourth-order valence-corrected chi connectivity index (χ4v) is 2.81. The highest BCUT2D eigenvalue weighted by Crippen LogP contribution is 2.33. The minimum atomic E-state index is -0.690. The maximum Gasteiger partial charge on any atom is 0.245 e. The molecule has 1 heterocycles. The van der Waals surface area contributed by atoms with Gasteiger partial charge in [-0.25, -0.2) is 0 Å². The molecule has 5 nitrogen and oxygen atoms in total. The average Bonchev–Trinajstić information content (AvgIpc) is 3.01. The van der Waals surface area contributed by atoms with Crippen molar-refractivity contribution in [2.24, 2.45) is 5.92 Å². The third kappa shape index (κ3) is 3.01. The van der Waals surface area contributed by atoms with Crippen LogP contribution in [0, 0.1) is 17.2 Å². The molecule has 1 aromatic heterocycles. The number of rotatable bonds is 4. The van der Waals surface area contributed by atoms with Crippen LogP contribution in [-0.4, -0.2) is 21.2 Å². The predicted octanol–water partition coefficient (Wildman–Crippen LogP) is 2.42. The normalized spacial score (nSPS) is 27.6. The molecule has 0 radical (unpaired) electrons. The van der Waals surface area contributed by atoms with Crippen LogP contribution in [0.2, 0.25) is 0 Å². The Labute approximate surface area is 120 Å². The molecule has 20 heavy (non-hydrogen) atoms. The van der Waals surface area contributed by atoms with Gasteiger partial charge in [-0.3, -0.25) is 9.48 Å². The molecule has 1 fully saturated rings. The summed E-state index contributed by atoms with van der Waals surface area (Å²) in [6.45, 7) is 3.98. The molecular formula is C15H22N4O. The molecule has 0 saturated heterocycles. The van der Waals surface area contributed by atoms with E-state index in [1.165, 1.54) is 0 Å². The monoisotopic (exact) mass is 274 g/mol. The van der Waals surface area contributed by atoms with Gasteiger partial charge in [0.2, 0.25) is 5.91 Å². The lowest BCUT2D eigenvalue weighted by atomic mass is 9.76. The zero-order valence-electron chi connectivity index (χ0n) is 12.2. The first kappa shape index (κ1) is 14.6. The van der Waals surface area contributed by atoms with Crippen molar-refractivity contribution >= 4 is 5.91 Å². The van der Waals surface area contributed by atoms with Gasteiger partial charge in [0.1, 0.15) is 11.6 Å². The first-order chi connectivity index (χ1) is 9.60. The Kier molecular flexibility index (Phi) is 4.43. The zero-order chi connectivity index (χ0) is 14.6. The lowest BCUT2D eigenvalue weighted by Crippen LogP contribution is -2.51. The Morgan fingerprint density at radius 2 is 2.30 bits per heavy atom. The Hall–Kier alpha value is -1.83. The molecular weight excluding hydrogens is 252 g/mol. The van der Waals surface area contributed by atoms with Crippen LogP contribution in [0.25, 0.3) is 0 Å². The molecule has 1 saturated carbocycles. The molecule has 1 N–H and O–H groups in total. The van der Waals surface area contributed by atoms with E-state index in [-0.39, 0.29) is 11.9 Å². The number of carbonyl (C=O) groups is 1. The van der Waals surface area contributed by atoms with E-state index < -0.39 is 5.54 Å². The number of amides is 1. The van der Waals surface area contributed by atoms with Crippen LogP contribution in [-0.2, 0) is 4.79 Å². The van der Waals surface area contributed by atoms with Crippen LogP contribution >= 0.6 is 0 Å². The molecule has 2 rings (SSSR count). The van der Waals surface area contributed by atoms with E-state index in [0.29, 0.717) is 5.92 Å². The Morgan fingerprint density at radius 1 is 1.60 bits per heavy atom. The summed E-state index contributed by atoms with van der Waals surface area (Å²) in [7, 11) is 0. The number of nitrogens with zero attached hydrogens (tertiary/aromatic N) is 3. The fourth-order valence-electron chi connectivity index (χ4n) is 2.81. The van der Waals surface area contributed by atoms with Gasteiger partial charge in [-0.2, -0.15) is 10.4 Å². The van der Waals surface area contributed by atoms with Gasteiger partial charge in [0, 0.05) is 12.4 Å². The minimum Gasteiger partial charge on any atom is -0.336 e. The second-order valence-electron chi connectivity index (χ2n) is 5.70. The Balaban J connectivity index is 2.00. The molecule has 0 bridgehead atoms. The second kappa shape index (κ2) is 6.08. The molecule has 1 atom stereocenters. The van der Waals surface area contributed by atoms with Gasteiger partial charge in [0.05, 0.1) is 6.07 Å². The van der Waals surface area contributed by atoms with Gasteiger partial charge >= 0.3 is 0 Å². The summed E-state index contributed by atoms with van der Waals surface area (Å²) < 4.78 is 1.61. The van der Waals surface area contributed by atoms with Crippen LogP contribution in [0.4, 0.5) is 0 Å². The number of nitriles is 1. The SMILES string of the molecule is CCC1CCC(C#N)(NC(=O)C(C)n2cccn2)CC1. The van der Waals surface area contributed by atoms with E-state index in [4.69, 9.17) is 0 Å². The first-order valence-corrected chi connectivity index (χ1v) is 7.32. The average molecular weight is 274 g/mol. The molecule has 1 aliphatic rings. The van der Waals surface area contributed by atoms with E-state index in [9.17, 15) is 10.1 Å². The summed E-state index contributed by atoms with van der Waals surface area (Å²) in [5, 5.41) is 16.5. The molecule has 1 aromatic rings. The molecule has 0 spiro atoms. The molecule has 1 unspecified atom stereocenters.